The van der Waals surface area contributed by atoms with E-state index in [1.165, 1.54) is 18.2 Å². The van der Waals surface area contributed by atoms with Crippen molar-refractivity contribution in [1.82, 2.24) is 9.21 Å². The second-order valence-corrected chi connectivity index (χ2v) is 10.0. The van der Waals surface area contributed by atoms with Crippen LogP contribution in [0.5, 0.6) is 0 Å². The van der Waals surface area contributed by atoms with Crippen LogP contribution in [0.2, 0.25) is 0 Å². The molecule has 10 heteroatoms. The summed E-state index contributed by atoms with van der Waals surface area (Å²) in [6.07, 6.45) is 0. The first kappa shape index (κ1) is 22.9. The van der Waals surface area contributed by atoms with Crippen molar-refractivity contribution in [2.24, 2.45) is 0 Å². The summed E-state index contributed by atoms with van der Waals surface area (Å²) in [7, 11) is -4.02. The number of benzene rings is 2. The fourth-order valence-corrected chi connectivity index (χ4v) is 5.83. The van der Waals surface area contributed by atoms with Gasteiger partial charge in [0.25, 0.3) is 27.7 Å². The molecular weight excluding hydrogens is 446 g/mol. The van der Waals surface area contributed by atoms with Crippen molar-refractivity contribution in [1.29, 1.82) is 0 Å². The monoisotopic (exact) mass is 471 g/mol. The van der Waals surface area contributed by atoms with Crippen molar-refractivity contribution in [3.8, 4) is 0 Å². The molecule has 1 saturated heterocycles. The van der Waals surface area contributed by atoms with Crippen LogP contribution in [0.15, 0.2) is 41.3 Å². The lowest BCUT2D eigenvalue weighted by molar-refractivity contribution is 0.0302. The maximum atomic E-state index is 12.9. The highest BCUT2D eigenvalue weighted by molar-refractivity contribution is 7.90. The van der Waals surface area contributed by atoms with Crippen molar-refractivity contribution in [3.05, 3.63) is 58.7 Å². The minimum absolute atomic E-state index is 0.0505. The molecular formula is C23H25N3O6S. The third-order valence-electron chi connectivity index (χ3n) is 5.79. The molecule has 33 heavy (non-hydrogen) atoms. The Kier molecular flexibility index (Phi) is 5.98. The Balaban J connectivity index is 1.60. The Labute approximate surface area is 192 Å². The highest BCUT2D eigenvalue weighted by Gasteiger charge is 2.43. The molecule has 1 N–H and O–H groups in total. The molecule has 2 aromatic rings. The van der Waals surface area contributed by atoms with Crippen LogP contribution in [0.4, 0.5) is 5.69 Å². The van der Waals surface area contributed by atoms with Gasteiger partial charge in [0.2, 0.25) is 0 Å². The van der Waals surface area contributed by atoms with Gasteiger partial charge in [-0.2, -0.15) is 0 Å². The fourth-order valence-electron chi connectivity index (χ4n) is 4.03. The Hall–Kier alpha value is -3.24. The molecule has 0 bridgehead atoms. The molecule has 3 amide bonds. The van der Waals surface area contributed by atoms with Crippen LogP contribution >= 0.6 is 0 Å². The number of rotatable bonds is 4. The molecule has 0 unspecified atom stereocenters. The maximum absolute atomic E-state index is 12.9. The van der Waals surface area contributed by atoms with Crippen LogP contribution in [0, 0.1) is 6.92 Å². The molecule has 2 heterocycles. The van der Waals surface area contributed by atoms with Gasteiger partial charge in [-0.3, -0.25) is 14.4 Å². The van der Waals surface area contributed by atoms with Crippen LogP contribution in [-0.4, -0.2) is 67.7 Å². The van der Waals surface area contributed by atoms with Crippen molar-refractivity contribution in [2.75, 3.05) is 31.6 Å². The molecule has 1 fully saturated rings. The Morgan fingerprint density at radius 3 is 2.45 bits per heavy atom. The third-order valence-corrected chi connectivity index (χ3v) is 7.79. The van der Waals surface area contributed by atoms with Gasteiger partial charge in [-0.15, -0.1) is 0 Å². The second-order valence-electron chi connectivity index (χ2n) is 8.25. The van der Waals surface area contributed by atoms with E-state index in [1.807, 2.05) is 0 Å². The number of carbonyl (C=O) groups excluding carboxylic acids is 3. The van der Waals surface area contributed by atoms with Gasteiger partial charge in [-0.1, -0.05) is 6.07 Å². The van der Waals surface area contributed by atoms with Crippen LogP contribution in [0.25, 0.3) is 0 Å². The summed E-state index contributed by atoms with van der Waals surface area (Å²) < 4.78 is 31.8. The molecule has 0 spiro atoms. The van der Waals surface area contributed by atoms with Crippen LogP contribution < -0.4 is 5.32 Å². The molecule has 4 rings (SSSR count). The summed E-state index contributed by atoms with van der Waals surface area (Å²) in [5.74, 6) is -1.28. The molecule has 0 aromatic heterocycles. The first-order chi connectivity index (χ1) is 15.6. The summed E-state index contributed by atoms with van der Waals surface area (Å²) in [5.41, 5.74) is 1.68. The lowest BCUT2D eigenvalue weighted by Crippen LogP contribution is -2.41. The Bertz CT molecular complexity index is 1250. The summed E-state index contributed by atoms with van der Waals surface area (Å²) in [5, 5.41) is 2.76. The minimum atomic E-state index is -4.02. The van der Waals surface area contributed by atoms with Crippen LogP contribution in [-0.2, 0) is 14.8 Å². The normalized spacial score (nSPS) is 17.3. The Morgan fingerprint density at radius 2 is 1.79 bits per heavy atom. The van der Waals surface area contributed by atoms with Crippen molar-refractivity contribution in [3.63, 3.8) is 0 Å². The molecule has 0 saturated carbocycles. The number of nitrogens with zero attached hydrogens (tertiary/aromatic N) is 2. The fraction of sp³-hybridized carbons (Fsp3) is 0.348. The number of sulfonamides is 1. The van der Waals surface area contributed by atoms with E-state index in [1.54, 1.807) is 43.9 Å². The van der Waals surface area contributed by atoms with E-state index in [9.17, 15) is 22.8 Å². The summed E-state index contributed by atoms with van der Waals surface area (Å²) >= 11 is 0. The number of hydrogen-bond donors (Lipinski definition) is 1. The van der Waals surface area contributed by atoms with Crippen molar-refractivity contribution >= 4 is 33.4 Å². The summed E-state index contributed by atoms with van der Waals surface area (Å²) in [6, 6.07) is 8.53. The van der Waals surface area contributed by atoms with Crippen LogP contribution in [0.1, 0.15) is 50.5 Å². The van der Waals surface area contributed by atoms with E-state index in [0.29, 0.717) is 43.1 Å². The van der Waals surface area contributed by atoms with E-state index >= 15 is 0 Å². The van der Waals surface area contributed by atoms with Gasteiger partial charge in [-0.25, -0.2) is 12.7 Å². The maximum Gasteiger partial charge on any atom is 0.269 e. The SMILES string of the molecule is Cc1c(NC(=O)c2ccc3c(c2)S(=O)(=O)N(C(C)C)C3=O)cccc1C(=O)N1CCOCC1. The number of ether oxygens (including phenoxy) is 1. The Morgan fingerprint density at radius 1 is 1.09 bits per heavy atom. The zero-order valence-corrected chi connectivity index (χ0v) is 19.4. The molecule has 2 aliphatic heterocycles. The highest BCUT2D eigenvalue weighted by atomic mass is 32.2. The lowest BCUT2D eigenvalue weighted by atomic mass is 10.0. The number of anilines is 1. The molecule has 0 atom stereocenters. The van der Waals surface area contributed by atoms with Gasteiger partial charge in [0.15, 0.2) is 0 Å². The molecule has 174 valence electrons. The number of nitrogens with one attached hydrogen (secondary N) is 1. The van der Waals surface area contributed by atoms with E-state index in [2.05, 4.69) is 5.32 Å². The topological polar surface area (TPSA) is 113 Å². The largest absolute Gasteiger partial charge is 0.378 e. The van der Waals surface area contributed by atoms with Gasteiger partial charge in [0, 0.05) is 35.9 Å². The molecule has 2 aromatic carbocycles. The number of morpholine rings is 1. The lowest BCUT2D eigenvalue weighted by Gasteiger charge is -2.27. The van der Waals surface area contributed by atoms with Gasteiger partial charge in [-0.05, 0) is 56.7 Å². The molecule has 0 radical (unpaired) electrons. The predicted molar refractivity (Wildman–Crippen MR) is 121 cm³/mol. The number of fused-ring (bicyclic) bond motifs is 1. The quantitative estimate of drug-likeness (QED) is 0.732. The molecule has 9 nitrogen and oxygen atoms in total. The summed E-state index contributed by atoms with van der Waals surface area (Å²) in [4.78, 5) is 39.9. The van der Waals surface area contributed by atoms with E-state index < -0.39 is 27.9 Å². The zero-order valence-electron chi connectivity index (χ0n) is 18.6. The van der Waals surface area contributed by atoms with Gasteiger partial charge >= 0.3 is 0 Å². The first-order valence-corrected chi connectivity index (χ1v) is 12.1. The molecule has 0 aliphatic carbocycles. The highest BCUT2D eigenvalue weighted by Crippen LogP contribution is 2.33. The number of carbonyl (C=O) groups is 3. The number of hydrogen-bond acceptors (Lipinski definition) is 6. The zero-order chi connectivity index (χ0) is 23.9. The third kappa shape index (κ3) is 4.00. The van der Waals surface area contributed by atoms with Gasteiger partial charge < -0.3 is 15.0 Å². The van der Waals surface area contributed by atoms with Crippen molar-refractivity contribution < 1.29 is 27.5 Å². The second kappa shape index (κ2) is 8.60. The molecule has 2 aliphatic rings. The standard InChI is InChI=1S/C23H25N3O6S/c1-14(2)26-23(29)18-8-7-16(13-20(18)33(26,30)31)21(27)24-19-6-4-5-17(15(19)3)22(28)25-9-11-32-12-10-25/h4-8,13-14H,9-12H2,1-3H3,(H,24,27). The van der Waals surface area contributed by atoms with Crippen molar-refractivity contribution in [2.45, 2.75) is 31.7 Å². The average Bonchev–Trinajstić information content (AvgIpc) is 3.00. The van der Waals surface area contributed by atoms with Crippen LogP contribution in [0.3, 0.4) is 0 Å². The van der Waals surface area contributed by atoms with E-state index in [-0.39, 0.29) is 21.9 Å². The minimum Gasteiger partial charge on any atom is -0.378 e. The van der Waals surface area contributed by atoms with Gasteiger partial charge in [0.1, 0.15) is 4.90 Å². The summed E-state index contributed by atoms with van der Waals surface area (Å²) in [6.45, 7) is 6.95. The van der Waals surface area contributed by atoms with E-state index in [0.717, 1.165) is 4.31 Å². The number of amides is 3. The van der Waals surface area contributed by atoms with E-state index in [4.69, 9.17) is 4.74 Å². The average molecular weight is 472 g/mol. The smallest absolute Gasteiger partial charge is 0.269 e. The predicted octanol–water partition coefficient (Wildman–Crippen LogP) is 2.27. The first-order valence-electron chi connectivity index (χ1n) is 10.6. The van der Waals surface area contributed by atoms with Gasteiger partial charge in [0.05, 0.1) is 18.8 Å².